The van der Waals surface area contributed by atoms with Gasteiger partial charge in [-0.15, -0.1) is 0 Å². The van der Waals surface area contributed by atoms with Gasteiger partial charge in [-0.3, -0.25) is 9.48 Å². The lowest BCUT2D eigenvalue weighted by atomic mass is 10.1. The van der Waals surface area contributed by atoms with Crippen LogP contribution in [0.2, 0.25) is 0 Å². The van der Waals surface area contributed by atoms with Crippen LogP contribution in [0.15, 0.2) is 0 Å². The highest BCUT2D eigenvalue weighted by Crippen LogP contribution is 2.15. The van der Waals surface area contributed by atoms with Crippen LogP contribution in [0.4, 0.5) is 0 Å². The zero-order valence-electron chi connectivity index (χ0n) is 11.4. The Hall–Kier alpha value is -1.16. The van der Waals surface area contributed by atoms with Crippen LogP contribution in [-0.4, -0.2) is 28.3 Å². The summed E-state index contributed by atoms with van der Waals surface area (Å²) in [5.74, 6) is 0.163. The quantitative estimate of drug-likeness (QED) is 0.715. The second kappa shape index (κ2) is 5.96. The summed E-state index contributed by atoms with van der Waals surface area (Å²) in [5.41, 5.74) is 2.54. The number of nitrogens with zero attached hydrogens (tertiary/aromatic N) is 2. The van der Waals surface area contributed by atoms with E-state index in [0.717, 1.165) is 17.0 Å². The van der Waals surface area contributed by atoms with Crippen molar-refractivity contribution < 1.29 is 9.53 Å². The van der Waals surface area contributed by atoms with Gasteiger partial charge in [0, 0.05) is 12.1 Å². The third-order valence-corrected chi connectivity index (χ3v) is 2.74. The van der Waals surface area contributed by atoms with Crippen LogP contribution >= 0.6 is 0 Å². The summed E-state index contributed by atoms with van der Waals surface area (Å²) in [6, 6.07) is 0. The predicted molar refractivity (Wildman–Crippen MR) is 67.4 cm³/mol. The number of ether oxygens (including phenoxy) is 1. The van der Waals surface area contributed by atoms with Crippen molar-refractivity contribution in [1.29, 1.82) is 0 Å². The van der Waals surface area contributed by atoms with E-state index in [0.29, 0.717) is 19.6 Å². The molecule has 0 saturated carbocycles. The van der Waals surface area contributed by atoms with Crippen molar-refractivity contribution in [1.82, 2.24) is 9.78 Å². The standard InChI is InChI=1S/C13H22N2O2/c1-6-12(16)13-10(4)14-15(11(13)5)7-8-17-9(2)3/h9H,6-8H2,1-5H3. The summed E-state index contributed by atoms with van der Waals surface area (Å²) in [5, 5.41) is 4.39. The van der Waals surface area contributed by atoms with Gasteiger partial charge in [-0.25, -0.2) is 0 Å². The lowest BCUT2D eigenvalue weighted by Crippen LogP contribution is -2.13. The maximum atomic E-state index is 11.8. The molecule has 4 nitrogen and oxygen atoms in total. The molecule has 0 aliphatic carbocycles. The fourth-order valence-electron chi connectivity index (χ4n) is 1.87. The van der Waals surface area contributed by atoms with E-state index in [1.165, 1.54) is 0 Å². The Morgan fingerprint density at radius 2 is 2.06 bits per heavy atom. The zero-order chi connectivity index (χ0) is 13.0. The molecule has 0 aliphatic heterocycles. The van der Waals surface area contributed by atoms with Crippen LogP contribution in [0, 0.1) is 13.8 Å². The SMILES string of the molecule is CCC(=O)c1c(C)nn(CCOC(C)C)c1C. The molecule has 0 amide bonds. The summed E-state index contributed by atoms with van der Waals surface area (Å²) in [4.78, 5) is 11.8. The minimum atomic E-state index is 0.163. The lowest BCUT2D eigenvalue weighted by molar-refractivity contribution is 0.0705. The maximum Gasteiger partial charge on any atom is 0.166 e. The highest BCUT2D eigenvalue weighted by molar-refractivity contribution is 5.97. The lowest BCUT2D eigenvalue weighted by Gasteiger charge is -2.08. The topological polar surface area (TPSA) is 44.1 Å². The van der Waals surface area contributed by atoms with E-state index < -0.39 is 0 Å². The molecule has 0 saturated heterocycles. The van der Waals surface area contributed by atoms with Gasteiger partial charge in [0.25, 0.3) is 0 Å². The minimum Gasteiger partial charge on any atom is -0.377 e. The minimum absolute atomic E-state index is 0.163. The summed E-state index contributed by atoms with van der Waals surface area (Å²) < 4.78 is 7.35. The molecule has 0 aromatic carbocycles. The molecule has 0 aliphatic rings. The second-order valence-corrected chi connectivity index (χ2v) is 4.47. The number of aryl methyl sites for hydroxylation is 1. The third-order valence-electron chi connectivity index (χ3n) is 2.74. The second-order valence-electron chi connectivity index (χ2n) is 4.47. The van der Waals surface area contributed by atoms with E-state index in [-0.39, 0.29) is 11.9 Å². The number of carbonyl (C=O) groups is 1. The molecular formula is C13H22N2O2. The van der Waals surface area contributed by atoms with Gasteiger partial charge in [0.05, 0.1) is 30.5 Å². The molecule has 1 aromatic heterocycles. The zero-order valence-corrected chi connectivity index (χ0v) is 11.4. The van der Waals surface area contributed by atoms with Crippen molar-refractivity contribution in [3.05, 3.63) is 17.0 Å². The Bertz CT molecular complexity index is 394. The molecule has 1 aromatic rings. The number of Topliss-reactive ketones (excluding diaryl/α,β-unsaturated/α-hetero) is 1. The average molecular weight is 238 g/mol. The van der Waals surface area contributed by atoms with Crippen LogP contribution < -0.4 is 0 Å². The summed E-state index contributed by atoms with van der Waals surface area (Å²) >= 11 is 0. The summed E-state index contributed by atoms with van der Waals surface area (Å²) in [6.07, 6.45) is 0.749. The first-order valence-corrected chi connectivity index (χ1v) is 6.16. The van der Waals surface area contributed by atoms with Crippen molar-refractivity contribution in [2.75, 3.05) is 6.61 Å². The molecule has 0 unspecified atom stereocenters. The number of aromatic nitrogens is 2. The molecule has 0 spiro atoms. The Morgan fingerprint density at radius 1 is 1.41 bits per heavy atom. The summed E-state index contributed by atoms with van der Waals surface area (Å²) in [6.45, 7) is 11.0. The van der Waals surface area contributed by atoms with E-state index in [1.807, 2.05) is 39.3 Å². The molecule has 17 heavy (non-hydrogen) atoms. The van der Waals surface area contributed by atoms with E-state index >= 15 is 0 Å². The fourth-order valence-corrected chi connectivity index (χ4v) is 1.87. The Kier molecular flexibility index (Phi) is 4.87. The molecule has 1 heterocycles. The van der Waals surface area contributed by atoms with E-state index in [4.69, 9.17) is 4.74 Å². The van der Waals surface area contributed by atoms with Gasteiger partial charge in [-0.2, -0.15) is 5.10 Å². The van der Waals surface area contributed by atoms with Crippen molar-refractivity contribution in [3.63, 3.8) is 0 Å². The van der Waals surface area contributed by atoms with Crippen LogP contribution in [-0.2, 0) is 11.3 Å². The normalized spacial score (nSPS) is 11.2. The predicted octanol–water partition coefficient (Wildman–Crippen LogP) is 2.52. The first-order chi connectivity index (χ1) is 7.97. The molecule has 4 heteroatoms. The van der Waals surface area contributed by atoms with Gasteiger partial charge < -0.3 is 4.74 Å². The Balaban J connectivity index is 2.78. The van der Waals surface area contributed by atoms with Gasteiger partial charge in [-0.05, 0) is 27.7 Å². The third kappa shape index (κ3) is 3.40. The molecule has 1 rings (SSSR count). The van der Waals surface area contributed by atoms with Crippen molar-refractivity contribution in [2.45, 2.75) is 53.7 Å². The number of rotatable bonds is 6. The van der Waals surface area contributed by atoms with Crippen molar-refractivity contribution in [2.24, 2.45) is 0 Å². The highest BCUT2D eigenvalue weighted by Gasteiger charge is 2.16. The highest BCUT2D eigenvalue weighted by atomic mass is 16.5. The Labute approximate surface area is 103 Å². The largest absolute Gasteiger partial charge is 0.377 e. The number of hydrogen-bond donors (Lipinski definition) is 0. The van der Waals surface area contributed by atoms with Crippen LogP contribution in [0.25, 0.3) is 0 Å². The van der Waals surface area contributed by atoms with Gasteiger partial charge >= 0.3 is 0 Å². The van der Waals surface area contributed by atoms with Crippen LogP contribution in [0.3, 0.4) is 0 Å². The Morgan fingerprint density at radius 3 is 2.59 bits per heavy atom. The first kappa shape index (κ1) is 13.9. The maximum absolute atomic E-state index is 11.8. The first-order valence-electron chi connectivity index (χ1n) is 6.16. The van der Waals surface area contributed by atoms with E-state index in [9.17, 15) is 4.79 Å². The van der Waals surface area contributed by atoms with E-state index in [2.05, 4.69) is 5.10 Å². The van der Waals surface area contributed by atoms with Crippen molar-refractivity contribution >= 4 is 5.78 Å². The number of ketones is 1. The molecule has 0 bridgehead atoms. The molecular weight excluding hydrogens is 216 g/mol. The monoisotopic (exact) mass is 238 g/mol. The molecule has 96 valence electrons. The van der Waals surface area contributed by atoms with Crippen LogP contribution in [0.5, 0.6) is 0 Å². The summed E-state index contributed by atoms with van der Waals surface area (Å²) in [7, 11) is 0. The number of carbonyl (C=O) groups excluding carboxylic acids is 1. The van der Waals surface area contributed by atoms with Gasteiger partial charge in [0.1, 0.15) is 0 Å². The van der Waals surface area contributed by atoms with E-state index in [1.54, 1.807) is 0 Å². The van der Waals surface area contributed by atoms with Crippen LogP contribution in [0.1, 0.15) is 48.9 Å². The molecule has 0 fully saturated rings. The number of hydrogen-bond acceptors (Lipinski definition) is 3. The van der Waals surface area contributed by atoms with Gasteiger partial charge in [0.2, 0.25) is 0 Å². The average Bonchev–Trinajstić information content (AvgIpc) is 2.53. The smallest absolute Gasteiger partial charge is 0.166 e. The fraction of sp³-hybridized carbons (Fsp3) is 0.692. The van der Waals surface area contributed by atoms with Gasteiger partial charge in [0.15, 0.2) is 5.78 Å². The molecule has 0 atom stereocenters. The molecule has 0 radical (unpaired) electrons. The molecule has 0 N–H and O–H groups in total. The van der Waals surface area contributed by atoms with Gasteiger partial charge in [-0.1, -0.05) is 6.92 Å². The van der Waals surface area contributed by atoms with Crippen molar-refractivity contribution in [3.8, 4) is 0 Å².